The largest absolute Gasteiger partial charge is 0.356 e. The van der Waals surface area contributed by atoms with E-state index >= 15 is 0 Å². The molecule has 1 heterocycles. The first kappa shape index (κ1) is 17.2. The van der Waals surface area contributed by atoms with Crippen LogP contribution in [0.15, 0.2) is 4.99 Å². The van der Waals surface area contributed by atoms with Gasteiger partial charge in [0.2, 0.25) is 0 Å². The van der Waals surface area contributed by atoms with Crippen LogP contribution in [0.25, 0.3) is 0 Å². The fourth-order valence-corrected chi connectivity index (χ4v) is 2.53. The van der Waals surface area contributed by atoms with E-state index in [0.717, 1.165) is 25.5 Å². The fraction of sp³-hybridized carbons (Fsp3) is 0.933. The molecule has 0 spiro atoms. The Kier molecular flexibility index (Phi) is 8.62. The van der Waals surface area contributed by atoms with Crippen LogP contribution in [0.2, 0.25) is 0 Å². The van der Waals surface area contributed by atoms with Crippen molar-refractivity contribution in [1.29, 1.82) is 0 Å². The highest BCUT2D eigenvalue weighted by atomic mass is 15.3. The first-order valence-corrected chi connectivity index (χ1v) is 8.08. The van der Waals surface area contributed by atoms with E-state index in [9.17, 15) is 0 Å². The third kappa shape index (κ3) is 6.57. The molecule has 1 saturated heterocycles. The molecule has 0 radical (unpaired) electrons. The number of guanidine groups is 1. The Balaban J connectivity index is 2.18. The van der Waals surface area contributed by atoms with E-state index in [0.29, 0.717) is 5.92 Å². The molecule has 0 aromatic rings. The molecule has 1 rings (SSSR count). The van der Waals surface area contributed by atoms with Gasteiger partial charge in [-0.2, -0.15) is 0 Å². The summed E-state index contributed by atoms with van der Waals surface area (Å²) in [5, 5.41) is 6.73. The molecule has 1 aliphatic rings. The first-order chi connectivity index (χ1) is 9.69. The van der Waals surface area contributed by atoms with Gasteiger partial charge in [0.15, 0.2) is 5.96 Å². The van der Waals surface area contributed by atoms with E-state index in [-0.39, 0.29) is 0 Å². The van der Waals surface area contributed by atoms with Crippen LogP contribution in [0.5, 0.6) is 0 Å². The summed E-state index contributed by atoms with van der Waals surface area (Å²) < 4.78 is 0. The molecule has 0 aromatic carbocycles. The first-order valence-electron chi connectivity index (χ1n) is 8.08. The van der Waals surface area contributed by atoms with Crippen molar-refractivity contribution in [3.05, 3.63) is 0 Å². The van der Waals surface area contributed by atoms with Crippen LogP contribution >= 0.6 is 0 Å². The molecule has 1 fully saturated rings. The van der Waals surface area contributed by atoms with Crippen molar-refractivity contribution in [1.82, 2.24) is 20.4 Å². The standard InChI is InChI=1S/C15H33N5/c1-5-7-17-15(16-4)18-12-14(3)13-20-10-8-19(6-2)9-11-20/h14H,5-13H2,1-4H3,(H2,16,17,18). The number of rotatable bonds is 7. The summed E-state index contributed by atoms with van der Waals surface area (Å²) in [6, 6.07) is 0. The Morgan fingerprint density at radius 3 is 2.30 bits per heavy atom. The Hall–Kier alpha value is -0.810. The zero-order chi connectivity index (χ0) is 14.8. The molecule has 1 unspecified atom stereocenters. The van der Waals surface area contributed by atoms with Crippen molar-refractivity contribution in [2.75, 3.05) is 59.4 Å². The predicted octanol–water partition coefficient (Wildman–Crippen LogP) is 0.835. The van der Waals surface area contributed by atoms with Crippen molar-refractivity contribution in [2.45, 2.75) is 27.2 Å². The smallest absolute Gasteiger partial charge is 0.190 e. The second-order valence-corrected chi connectivity index (χ2v) is 5.72. The van der Waals surface area contributed by atoms with Gasteiger partial charge in [-0.05, 0) is 18.9 Å². The Bertz CT molecular complexity index is 271. The van der Waals surface area contributed by atoms with Crippen LogP contribution in [-0.2, 0) is 0 Å². The molecular weight excluding hydrogens is 250 g/mol. The average Bonchev–Trinajstić information content (AvgIpc) is 2.48. The Labute approximate surface area is 124 Å². The van der Waals surface area contributed by atoms with Crippen LogP contribution in [0.3, 0.4) is 0 Å². The maximum absolute atomic E-state index is 4.24. The predicted molar refractivity (Wildman–Crippen MR) is 87.4 cm³/mol. The maximum atomic E-state index is 4.24. The quantitative estimate of drug-likeness (QED) is 0.537. The van der Waals surface area contributed by atoms with Crippen molar-refractivity contribution in [3.63, 3.8) is 0 Å². The van der Waals surface area contributed by atoms with Crippen LogP contribution in [0.1, 0.15) is 27.2 Å². The summed E-state index contributed by atoms with van der Waals surface area (Å²) in [4.78, 5) is 9.35. The van der Waals surface area contributed by atoms with E-state index < -0.39 is 0 Å². The van der Waals surface area contributed by atoms with Gasteiger partial charge < -0.3 is 20.4 Å². The van der Waals surface area contributed by atoms with Gasteiger partial charge in [-0.3, -0.25) is 4.99 Å². The molecule has 1 aliphatic heterocycles. The van der Waals surface area contributed by atoms with Gasteiger partial charge in [0, 0.05) is 52.9 Å². The molecule has 0 bridgehead atoms. The molecule has 0 aliphatic carbocycles. The van der Waals surface area contributed by atoms with E-state index in [4.69, 9.17) is 0 Å². The molecule has 5 nitrogen and oxygen atoms in total. The number of piperazine rings is 1. The minimum Gasteiger partial charge on any atom is -0.356 e. The average molecular weight is 283 g/mol. The van der Waals surface area contributed by atoms with Crippen molar-refractivity contribution in [3.8, 4) is 0 Å². The number of nitrogens with zero attached hydrogens (tertiary/aromatic N) is 3. The molecule has 5 heteroatoms. The molecule has 2 N–H and O–H groups in total. The zero-order valence-electron chi connectivity index (χ0n) is 13.8. The lowest BCUT2D eigenvalue weighted by atomic mass is 10.1. The summed E-state index contributed by atoms with van der Waals surface area (Å²) in [5.74, 6) is 1.57. The topological polar surface area (TPSA) is 42.9 Å². The third-order valence-corrected chi connectivity index (χ3v) is 3.87. The van der Waals surface area contributed by atoms with E-state index in [1.54, 1.807) is 0 Å². The van der Waals surface area contributed by atoms with Crippen LogP contribution in [0, 0.1) is 5.92 Å². The minimum absolute atomic E-state index is 0.642. The molecule has 20 heavy (non-hydrogen) atoms. The van der Waals surface area contributed by atoms with Crippen LogP contribution < -0.4 is 10.6 Å². The molecular formula is C15H33N5. The molecule has 0 saturated carbocycles. The lowest BCUT2D eigenvalue weighted by Crippen LogP contribution is -2.48. The van der Waals surface area contributed by atoms with Crippen molar-refractivity contribution < 1.29 is 0 Å². The summed E-state index contributed by atoms with van der Waals surface area (Å²) in [7, 11) is 1.83. The minimum atomic E-state index is 0.642. The van der Waals surface area contributed by atoms with E-state index in [1.165, 1.54) is 39.3 Å². The second-order valence-electron chi connectivity index (χ2n) is 5.72. The summed E-state index contributed by atoms with van der Waals surface area (Å²) in [6.07, 6.45) is 1.12. The van der Waals surface area contributed by atoms with Crippen LogP contribution in [-0.4, -0.2) is 75.2 Å². The lowest BCUT2D eigenvalue weighted by molar-refractivity contribution is 0.124. The van der Waals surface area contributed by atoms with Crippen molar-refractivity contribution in [2.24, 2.45) is 10.9 Å². The molecule has 0 amide bonds. The lowest BCUT2D eigenvalue weighted by Gasteiger charge is -2.35. The van der Waals surface area contributed by atoms with Crippen LogP contribution in [0.4, 0.5) is 0 Å². The number of hydrogen-bond acceptors (Lipinski definition) is 3. The summed E-state index contributed by atoms with van der Waals surface area (Å²) in [6.45, 7) is 15.9. The van der Waals surface area contributed by atoms with Gasteiger partial charge in [-0.25, -0.2) is 0 Å². The van der Waals surface area contributed by atoms with E-state index in [2.05, 4.69) is 46.2 Å². The zero-order valence-corrected chi connectivity index (χ0v) is 13.8. The van der Waals surface area contributed by atoms with Crippen molar-refractivity contribution >= 4 is 5.96 Å². The van der Waals surface area contributed by atoms with Gasteiger partial charge in [0.1, 0.15) is 0 Å². The highest BCUT2D eigenvalue weighted by Gasteiger charge is 2.17. The maximum Gasteiger partial charge on any atom is 0.190 e. The van der Waals surface area contributed by atoms with Gasteiger partial charge in [0.05, 0.1) is 0 Å². The Morgan fingerprint density at radius 1 is 1.10 bits per heavy atom. The highest BCUT2D eigenvalue weighted by Crippen LogP contribution is 2.04. The number of hydrogen-bond donors (Lipinski definition) is 2. The number of aliphatic imine (C=N–C) groups is 1. The molecule has 0 aromatic heterocycles. The number of nitrogens with one attached hydrogen (secondary N) is 2. The summed E-state index contributed by atoms with van der Waals surface area (Å²) in [5.41, 5.74) is 0. The highest BCUT2D eigenvalue weighted by molar-refractivity contribution is 5.79. The number of likely N-dealkylation sites (N-methyl/N-ethyl adjacent to an activating group) is 1. The fourth-order valence-electron chi connectivity index (χ4n) is 2.53. The molecule has 1 atom stereocenters. The van der Waals surface area contributed by atoms with E-state index in [1.807, 2.05) is 7.05 Å². The normalized spacial score (nSPS) is 19.9. The third-order valence-electron chi connectivity index (χ3n) is 3.87. The Morgan fingerprint density at radius 2 is 1.75 bits per heavy atom. The summed E-state index contributed by atoms with van der Waals surface area (Å²) >= 11 is 0. The molecule has 118 valence electrons. The van der Waals surface area contributed by atoms with Gasteiger partial charge in [-0.15, -0.1) is 0 Å². The monoisotopic (exact) mass is 283 g/mol. The second kappa shape index (κ2) is 10.00. The van der Waals surface area contributed by atoms with Gasteiger partial charge >= 0.3 is 0 Å². The van der Waals surface area contributed by atoms with Gasteiger partial charge in [0.25, 0.3) is 0 Å². The van der Waals surface area contributed by atoms with Gasteiger partial charge in [-0.1, -0.05) is 20.8 Å². The SMILES string of the molecule is CCCNC(=NC)NCC(C)CN1CCN(CC)CC1.